The zero-order valence-electron chi connectivity index (χ0n) is 58.3. The van der Waals surface area contributed by atoms with Crippen molar-refractivity contribution < 1.29 is 80.2 Å². The Morgan fingerprint density at radius 1 is 0.311 bits per heavy atom. The van der Waals surface area contributed by atoms with Crippen molar-refractivity contribution in [1.29, 1.82) is 0 Å². The average molecular weight is 1330 g/mol. The lowest BCUT2D eigenvalue weighted by Gasteiger charge is -2.21. The number of hydrogen-bond donors (Lipinski definition) is 3. The van der Waals surface area contributed by atoms with Crippen LogP contribution >= 0.6 is 15.6 Å². The van der Waals surface area contributed by atoms with E-state index in [-0.39, 0.29) is 25.7 Å². The first-order valence-electron chi connectivity index (χ1n) is 37.2. The quantitative estimate of drug-likeness (QED) is 0.0222. The van der Waals surface area contributed by atoms with Crippen molar-refractivity contribution in [3.05, 3.63) is 0 Å². The maximum Gasteiger partial charge on any atom is 0.472 e. The number of aliphatic hydroxyl groups excluding tert-OH is 1. The highest BCUT2D eigenvalue weighted by Gasteiger charge is 2.30. The Bertz CT molecular complexity index is 1740. The molecule has 0 rings (SSSR count). The van der Waals surface area contributed by atoms with Crippen molar-refractivity contribution in [1.82, 2.24) is 0 Å². The lowest BCUT2D eigenvalue weighted by Crippen LogP contribution is -2.30. The van der Waals surface area contributed by atoms with E-state index in [1.165, 1.54) is 186 Å². The number of esters is 4. The fraction of sp³-hybridized carbons (Fsp3) is 0.944. The smallest absolute Gasteiger partial charge is 0.462 e. The summed E-state index contributed by atoms with van der Waals surface area (Å²) in [6.45, 7) is 7.17. The highest BCUT2D eigenvalue weighted by Crippen LogP contribution is 2.45. The normalized spacial score (nSPS) is 14.4. The first-order chi connectivity index (χ1) is 43.6. The molecule has 0 fully saturated rings. The van der Waals surface area contributed by atoms with Crippen molar-refractivity contribution in [3.8, 4) is 0 Å². The van der Waals surface area contributed by atoms with Gasteiger partial charge >= 0.3 is 39.5 Å². The molecule has 0 aliphatic heterocycles. The van der Waals surface area contributed by atoms with E-state index >= 15 is 0 Å². The van der Waals surface area contributed by atoms with E-state index in [1.807, 2.05) is 0 Å². The van der Waals surface area contributed by atoms with Gasteiger partial charge in [0.15, 0.2) is 12.2 Å². The highest BCUT2D eigenvalue weighted by atomic mass is 31.2. The van der Waals surface area contributed by atoms with Gasteiger partial charge in [-0.25, -0.2) is 9.13 Å². The molecule has 3 N–H and O–H groups in total. The molecule has 0 aromatic heterocycles. The molecule has 534 valence electrons. The number of carbonyl (C=O) groups is 4. The largest absolute Gasteiger partial charge is 0.472 e. The van der Waals surface area contributed by atoms with Crippen LogP contribution in [0.15, 0.2) is 0 Å². The van der Waals surface area contributed by atoms with Crippen molar-refractivity contribution >= 4 is 39.5 Å². The van der Waals surface area contributed by atoms with Crippen LogP contribution in [0.25, 0.3) is 0 Å². The molecule has 3 unspecified atom stereocenters. The second-order valence-electron chi connectivity index (χ2n) is 25.9. The summed E-state index contributed by atoms with van der Waals surface area (Å²) >= 11 is 0. The predicted molar refractivity (Wildman–Crippen MR) is 363 cm³/mol. The molecule has 0 spiro atoms. The number of carbonyl (C=O) groups excluding carboxylic acids is 4. The minimum absolute atomic E-state index is 0.105. The fourth-order valence-corrected chi connectivity index (χ4v) is 12.4. The molecule has 0 aliphatic rings. The summed E-state index contributed by atoms with van der Waals surface area (Å²) in [5.41, 5.74) is 0. The highest BCUT2D eigenvalue weighted by molar-refractivity contribution is 7.47. The van der Waals surface area contributed by atoms with Crippen molar-refractivity contribution in [2.75, 3.05) is 39.6 Å². The van der Waals surface area contributed by atoms with Gasteiger partial charge in [-0.15, -0.1) is 0 Å². The van der Waals surface area contributed by atoms with Gasteiger partial charge in [-0.3, -0.25) is 37.3 Å². The maximum absolute atomic E-state index is 13.0. The fourth-order valence-electron chi connectivity index (χ4n) is 10.8. The minimum Gasteiger partial charge on any atom is -0.462 e. The van der Waals surface area contributed by atoms with Crippen molar-refractivity contribution in [3.63, 3.8) is 0 Å². The van der Waals surface area contributed by atoms with Crippen LogP contribution in [0.2, 0.25) is 0 Å². The standard InChI is InChI=1S/C71H138O17P2/c1-6-10-13-16-18-20-21-22-23-24-25-26-27-28-29-30-31-32-38-42-47-52-57-71(76)88-67(61-82-69(74)55-50-45-40-37-34-33-36-39-44-48-53-64(5)9-4)63-86-90(79,80)84-59-65(72)58-83-89(77,78)85-62-66(60-81-68(73)54-49-43-15-12-8-3)87-70(75)56-51-46-41-35-19-17-14-11-7-2/h64-67,72H,6-63H2,1-5H3,(H,77,78)(H,79,80)/t64?,65-,66+,67+/m0/s1. The van der Waals surface area contributed by atoms with Crippen LogP contribution in [0.1, 0.15) is 369 Å². The molecule has 0 radical (unpaired) electrons. The van der Waals surface area contributed by atoms with Crippen molar-refractivity contribution in [2.24, 2.45) is 5.92 Å². The third-order valence-electron chi connectivity index (χ3n) is 16.9. The third kappa shape index (κ3) is 63.5. The van der Waals surface area contributed by atoms with E-state index in [0.29, 0.717) is 25.7 Å². The third-order valence-corrected chi connectivity index (χ3v) is 18.8. The van der Waals surface area contributed by atoms with Gasteiger partial charge in [-0.2, -0.15) is 0 Å². The number of phosphoric ester groups is 2. The SMILES string of the molecule is CCCCCCCCCCCCCCCCCCCCCCCCC(=O)O[C@H](COC(=O)CCCCCCCCCCCCC(C)CC)COP(=O)(O)OC[C@@H](O)COP(=O)(O)OC[C@@H](COC(=O)CCCCCCC)OC(=O)CCCCCCCCCCC. The predicted octanol–water partition coefficient (Wildman–Crippen LogP) is 20.5. The molecule has 0 saturated heterocycles. The number of unbranched alkanes of at least 4 members (excludes halogenated alkanes) is 42. The molecule has 6 atom stereocenters. The van der Waals surface area contributed by atoms with E-state index in [2.05, 4.69) is 34.6 Å². The van der Waals surface area contributed by atoms with Gasteiger partial charge in [0.1, 0.15) is 19.3 Å². The van der Waals surface area contributed by atoms with Gasteiger partial charge in [0, 0.05) is 25.7 Å². The van der Waals surface area contributed by atoms with Crippen molar-refractivity contribution in [2.45, 2.75) is 387 Å². The molecule has 19 heteroatoms. The summed E-state index contributed by atoms with van der Waals surface area (Å²) in [4.78, 5) is 72.2. The molecular formula is C71H138O17P2. The molecule has 0 heterocycles. The topological polar surface area (TPSA) is 237 Å². The molecule has 0 aliphatic carbocycles. The Morgan fingerprint density at radius 2 is 0.533 bits per heavy atom. The molecule has 0 amide bonds. The maximum atomic E-state index is 13.0. The van der Waals surface area contributed by atoms with Crippen LogP contribution in [0, 0.1) is 5.92 Å². The van der Waals surface area contributed by atoms with Crippen LogP contribution in [-0.2, 0) is 65.4 Å². The monoisotopic (exact) mass is 1320 g/mol. The first kappa shape index (κ1) is 88.1. The van der Waals surface area contributed by atoms with Crippen LogP contribution in [0.3, 0.4) is 0 Å². The molecular weight excluding hydrogens is 1190 g/mol. The lowest BCUT2D eigenvalue weighted by molar-refractivity contribution is -0.161. The number of rotatable bonds is 71. The minimum atomic E-state index is -4.95. The van der Waals surface area contributed by atoms with Gasteiger partial charge < -0.3 is 33.8 Å². The molecule has 0 aromatic rings. The summed E-state index contributed by atoms with van der Waals surface area (Å²) in [6, 6.07) is 0. The Kier molecular flexibility index (Phi) is 63.0. The molecule has 0 aromatic carbocycles. The zero-order chi connectivity index (χ0) is 66.3. The summed E-state index contributed by atoms with van der Waals surface area (Å²) in [5, 5.41) is 10.5. The van der Waals surface area contributed by atoms with Crippen LogP contribution in [0.5, 0.6) is 0 Å². The van der Waals surface area contributed by atoms with Gasteiger partial charge in [0.25, 0.3) is 0 Å². The number of ether oxygens (including phenoxy) is 4. The van der Waals surface area contributed by atoms with E-state index < -0.39 is 97.5 Å². The van der Waals surface area contributed by atoms with E-state index in [1.54, 1.807) is 0 Å². The van der Waals surface area contributed by atoms with Gasteiger partial charge in [-0.1, -0.05) is 317 Å². The summed E-state index contributed by atoms with van der Waals surface area (Å²) in [7, 11) is -9.89. The number of hydrogen-bond acceptors (Lipinski definition) is 15. The molecule has 17 nitrogen and oxygen atoms in total. The number of phosphoric acid groups is 2. The Morgan fingerprint density at radius 3 is 0.789 bits per heavy atom. The van der Waals surface area contributed by atoms with Crippen LogP contribution < -0.4 is 0 Å². The van der Waals surface area contributed by atoms with Gasteiger partial charge in [0.05, 0.1) is 26.4 Å². The second kappa shape index (κ2) is 64.4. The first-order valence-corrected chi connectivity index (χ1v) is 40.2. The molecule has 90 heavy (non-hydrogen) atoms. The summed E-state index contributed by atoms with van der Waals surface area (Å²) in [5.74, 6) is -1.33. The van der Waals surface area contributed by atoms with E-state index in [4.69, 9.17) is 37.0 Å². The Labute approximate surface area is 549 Å². The van der Waals surface area contributed by atoms with Gasteiger partial charge in [0.2, 0.25) is 0 Å². The summed E-state index contributed by atoms with van der Waals surface area (Å²) in [6.07, 6.45) is 51.9. The van der Waals surface area contributed by atoms with Gasteiger partial charge in [-0.05, 0) is 31.6 Å². The van der Waals surface area contributed by atoms with Crippen LogP contribution in [-0.4, -0.2) is 96.7 Å². The van der Waals surface area contributed by atoms with E-state index in [9.17, 15) is 43.2 Å². The second-order valence-corrected chi connectivity index (χ2v) is 28.8. The Balaban J connectivity index is 5.09. The average Bonchev–Trinajstić information content (AvgIpc) is 3.73. The Hall–Kier alpha value is -1.94. The van der Waals surface area contributed by atoms with E-state index in [0.717, 1.165) is 102 Å². The molecule has 0 saturated carbocycles. The van der Waals surface area contributed by atoms with Crippen LogP contribution in [0.4, 0.5) is 0 Å². The molecule has 0 bridgehead atoms. The summed E-state index contributed by atoms with van der Waals surface area (Å²) < 4.78 is 68.0. The lowest BCUT2D eigenvalue weighted by atomic mass is 9.99. The number of aliphatic hydroxyl groups is 1. The zero-order valence-corrected chi connectivity index (χ0v) is 60.1.